The topological polar surface area (TPSA) is 17.1 Å². The van der Waals surface area contributed by atoms with Gasteiger partial charge in [0.1, 0.15) is 6.29 Å². The Morgan fingerprint density at radius 1 is 0.947 bits per heavy atom. The zero-order chi connectivity index (χ0) is 12.9. The standard InChI is InChI=1S/C18H14O/c19-11-5-10-18-12-15(13-6-1-3-8-16(13)18)14-7-2-4-9-17(14)18/h1-11,15H,12H2. The Hall–Kier alpha value is -2.15. The molecule has 0 heterocycles. The summed E-state index contributed by atoms with van der Waals surface area (Å²) in [6.07, 6.45) is 5.69. The molecule has 2 aliphatic rings. The molecule has 0 unspecified atom stereocenters. The van der Waals surface area contributed by atoms with Crippen LogP contribution < -0.4 is 0 Å². The SMILES string of the molecule is O=CC=CC12CC(c3ccccc31)c1ccccc12. The minimum Gasteiger partial charge on any atom is -0.299 e. The lowest BCUT2D eigenvalue weighted by atomic mass is 9.75. The molecule has 0 atom stereocenters. The molecule has 2 aromatic carbocycles. The number of hydrogen-bond donors (Lipinski definition) is 0. The number of hydrogen-bond acceptors (Lipinski definition) is 1. The largest absolute Gasteiger partial charge is 0.299 e. The van der Waals surface area contributed by atoms with Gasteiger partial charge in [0.05, 0.1) is 0 Å². The van der Waals surface area contributed by atoms with Crippen molar-refractivity contribution >= 4 is 6.29 Å². The van der Waals surface area contributed by atoms with Crippen LogP contribution in [0.15, 0.2) is 60.7 Å². The van der Waals surface area contributed by atoms with Gasteiger partial charge >= 0.3 is 0 Å². The predicted molar refractivity (Wildman–Crippen MR) is 75.3 cm³/mol. The third-order valence-electron chi connectivity index (χ3n) is 4.62. The van der Waals surface area contributed by atoms with Crippen LogP contribution in [0.25, 0.3) is 0 Å². The molecule has 0 fully saturated rings. The molecule has 19 heavy (non-hydrogen) atoms. The molecule has 2 aliphatic carbocycles. The number of fused-ring (bicyclic) bond motifs is 8. The summed E-state index contributed by atoms with van der Waals surface area (Å²) in [6, 6.07) is 17.3. The van der Waals surface area contributed by atoms with Crippen LogP contribution >= 0.6 is 0 Å². The van der Waals surface area contributed by atoms with Gasteiger partial charge in [0.15, 0.2) is 0 Å². The summed E-state index contributed by atoms with van der Waals surface area (Å²) in [4.78, 5) is 10.8. The van der Waals surface area contributed by atoms with Crippen LogP contribution in [-0.2, 0) is 10.2 Å². The fourth-order valence-electron chi connectivity index (χ4n) is 3.94. The molecule has 0 radical (unpaired) electrons. The van der Waals surface area contributed by atoms with E-state index in [0.29, 0.717) is 5.92 Å². The summed E-state index contributed by atoms with van der Waals surface area (Å²) < 4.78 is 0. The van der Waals surface area contributed by atoms with E-state index in [-0.39, 0.29) is 5.41 Å². The van der Waals surface area contributed by atoms with Crippen molar-refractivity contribution in [3.05, 3.63) is 82.9 Å². The Morgan fingerprint density at radius 3 is 2.11 bits per heavy atom. The van der Waals surface area contributed by atoms with Crippen LogP contribution in [0.5, 0.6) is 0 Å². The summed E-state index contributed by atoms with van der Waals surface area (Å²) in [5.41, 5.74) is 5.51. The summed E-state index contributed by atoms with van der Waals surface area (Å²) in [5.74, 6) is 0.490. The van der Waals surface area contributed by atoms with Crippen molar-refractivity contribution in [1.29, 1.82) is 0 Å². The van der Waals surface area contributed by atoms with E-state index in [1.54, 1.807) is 6.08 Å². The molecule has 1 heteroatoms. The lowest BCUT2D eigenvalue weighted by Crippen LogP contribution is -2.21. The lowest BCUT2D eigenvalue weighted by molar-refractivity contribution is -0.104. The maximum atomic E-state index is 10.8. The minimum absolute atomic E-state index is 0.0846. The molecular formula is C18H14O. The van der Waals surface area contributed by atoms with E-state index in [4.69, 9.17) is 0 Å². The maximum absolute atomic E-state index is 10.8. The second-order valence-corrected chi connectivity index (χ2v) is 5.40. The quantitative estimate of drug-likeness (QED) is 0.584. The average Bonchev–Trinajstić information content (AvgIpc) is 2.98. The zero-order valence-corrected chi connectivity index (χ0v) is 10.5. The Bertz CT molecular complexity index is 649. The van der Waals surface area contributed by atoms with Crippen molar-refractivity contribution in [1.82, 2.24) is 0 Å². The minimum atomic E-state index is -0.0846. The van der Waals surface area contributed by atoms with Crippen molar-refractivity contribution in [2.75, 3.05) is 0 Å². The molecule has 2 aromatic rings. The fraction of sp³-hybridized carbons (Fsp3) is 0.167. The van der Waals surface area contributed by atoms with Gasteiger partial charge in [-0.15, -0.1) is 0 Å². The van der Waals surface area contributed by atoms with Crippen LogP contribution in [0.3, 0.4) is 0 Å². The van der Waals surface area contributed by atoms with E-state index in [1.165, 1.54) is 22.3 Å². The number of aldehydes is 1. The molecular weight excluding hydrogens is 232 g/mol. The molecule has 2 bridgehead atoms. The number of rotatable bonds is 2. The second kappa shape index (κ2) is 3.67. The Labute approximate surface area is 112 Å². The molecule has 0 aliphatic heterocycles. The first-order valence-corrected chi connectivity index (χ1v) is 6.68. The van der Waals surface area contributed by atoms with Crippen LogP contribution in [0, 0.1) is 0 Å². The van der Waals surface area contributed by atoms with Crippen molar-refractivity contribution in [3.63, 3.8) is 0 Å². The second-order valence-electron chi connectivity index (χ2n) is 5.40. The van der Waals surface area contributed by atoms with Crippen LogP contribution in [0.1, 0.15) is 34.6 Å². The highest BCUT2D eigenvalue weighted by Gasteiger charge is 2.50. The first-order chi connectivity index (χ1) is 9.37. The van der Waals surface area contributed by atoms with Crippen molar-refractivity contribution < 1.29 is 4.79 Å². The Morgan fingerprint density at radius 2 is 1.53 bits per heavy atom. The lowest BCUT2D eigenvalue weighted by Gasteiger charge is -2.28. The van der Waals surface area contributed by atoms with Gasteiger partial charge in [0, 0.05) is 11.3 Å². The molecule has 4 rings (SSSR count). The molecule has 1 nitrogen and oxygen atoms in total. The van der Waals surface area contributed by atoms with E-state index in [2.05, 4.69) is 54.6 Å². The van der Waals surface area contributed by atoms with Crippen molar-refractivity contribution in [2.45, 2.75) is 17.8 Å². The first kappa shape index (κ1) is 10.7. The van der Waals surface area contributed by atoms with Gasteiger partial charge in [-0.25, -0.2) is 0 Å². The number of carbonyl (C=O) groups is 1. The summed E-state index contributed by atoms with van der Waals surface area (Å²) >= 11 is 0. The molecule has 0 amide bonds. The summed E-state index contributed by atoms with van der Waals surface area (Å²) in [7, 11) is 0. The van der Waals surface area contributed by atoms with Gasteiger partial charge in [0.25, 0.3) is 0 Å². The van der Waals surface area contributed by atoms with Gasteiger partial charge < -0.3 is 0 Å². The van der Waals surface area contributed by atoms with Gasteiger partial charge in [-0.1, -0.05) is 54.6 Å². The zero-order valence-electron chi connectivity index (χ0n) is 10.5. The van der Waals surface area contributed by atoms with E-state index < -0.39 is 0 Å². The van der Waals surface area contributed by atoms with E-state index >= 15 is 0 Å². The highest BCUT2D eigenvalue weighted by Crippen LogP contribution is 2.60. The van der Waals surface area contributed by atoms with Gasteiger partial charge in [0.2, 0.25) is 0 Å². The van der Waals surface area contributed by atoms with Gasteiger partial charge in [-0.3, -0.25) is 4.79 Å². The van der Waals surface area contributed by atoms with Crippen molar-refractivity contribution in [2.24, 2.45) is 0 Å². The number of allylic oxidation sites excluding steroid dienone is 2. The van der Waals surface area contributed by atoms with Crippen LogP contribution in [0.2, 0.25) is 0 Å². The molecule has 0 saturated carbocycles. The van der Waals surface area contributed by atoms with Crippen LogP contribution in [-0.4, -0.2) is 6.29 Å². The fourth-order valence-corrected chi connectivity index (χ4v) is 3.94. The van der Waals surface area contributed by atoms with Crippen LogP contribution in [0.4, 0.5) is 0 Å². The monoisotopic (exact) mass is 246 g/mol. The molecule has 92 valence electrons. The highest BCUT2D eigenvalue weighted by atomic mass is 16.1. The summed E-state index contributed by atoms with van der Waals surface area (Å²) in [6.45, 7) is 0. The molecule has 0 aromatic heterocycles. The van der Waals surface area contributed by atoms with Gasteiger partial charge in [-0.05, 0) is 34.8 Å². The third-order valence-corrected chi connectivity index (χ3v) is 4.62. The molecule has 0 spiro atoms. The van der Waals surface area contributed by atoms with E-state index in [0.717, 1.165) is 12.7 Å². The van der Waals surface area contributed by atoms with E-state index in [1.807, 2.05) is 0 Å². The Balaban J connectivity index is 2.04. The summed E-state index contributed by atoms with van der Waals surface area (Å²) in [5, 5.41) is 0. The normalized spacial score (nSPS) is 26.4. The maximum Gasteiger partial charge on any atom is 0.142 e. The molecule has 0 saturated heterocycles. The predicted octanol–water partition coefficient (Wildman–Crippen LogP) is 3.58. The van der Waals surface area contributed by atoms with Gasteiger partial charge in [-0.2, -0.15) is 0 Å². The molecule has 0 N–H and O–H groups in total. The highest BCUT2D eigenvalue weighted by molar-refractivity contribution is 5.70. The first-order valence-electron chi connectivity index (χ1n) is 6.68. The van der Waals surface area contributed by atoms with E-state index in [9.17, 15) is 4.79 Å². The van der Waals surface area contributed by atoms with Crippen molar-refractivity contribution in [3.8, 4) is 0 Å². The number of benzene rings is 2. The smallest absolute Gasteiger partial charge is 0.142 e. The average molecular weight is 246 g/mol. The number of carbonyl (C=O) groups excluding carboxylic acids is 1. The Kier molecular flexibility index (Phi) is 2.08. The third kappa shape index (κ3) is 1.22.